The molecule has 0 heterocycles. The Bertz CT molecular complexity index is 492. The van der Waals surface area contributed by atoms with Gasteiger partial charge in [0, 0.05) is 5.41 Å². The van der Waals surface area contributed by atoms with E-state index in [1.165, 1.54) is 89.9 Å². The van der Waals surface area contributed by atoms with E-state index in [4.69, 9.17) is 0 Å². The van der Waals surface area contributed by atoms with Crippen molar-refractivity contribution in [1.82, 2.24) is 0 Å². The molecule has 3 fully saturated rings. The summed E-state index contributed by atoms with van der Waals surface area (Å²) in [5.74, 6) is 2.94. The van der Waals surface area contributed by atoms with Gasteiger partial charge in [0.1, 0.15) is 0 Å². The van der Waals surface area contributed by atoms with Crippen molar-refractivity contribution >= 4 is 0 Å². The third kappa shape index (κ3) is 3.06. The number of rotatable bonds is 3. The first-order valence-electron chi connectivity index (χ1n) is 11.0. The average molecular weight is 325 g/mol. The van der Waals surface area contributed by atoms with Crippen LogP contribution in [-0.4, -0.2) is 0 Å². The monoisotopic (exact) mass is 324 g/mol. The molecule has 3 aliphatic rings. The van der Waals surface area contributed by atoms with Gasteiger partial charge in [-0.2, -0.15) is 0 Å². The van der Waals surface area contributed by atoms with Gasteiger partial charge < -0.3 is 0 Å². The maximum atomic E-state index is 2.50. The van der Waals surface area contributed by atoms with Crippen LogP contribution in [0.1, 0.15) is 95.5 Å². The third-order valence-electron chi connectivity index (χ3n) is 7.88. The summed E-state index contributed by atoms with van der Waals surface area (Å²) in [6.45, 7) is 0. The van der Waals surface area contributed by atoms with E-state index >= 15 is 0 Å². The van der Waals surface area contributed by atoms with Crippen molar-refractivity contribution in [3.05, 3.63) is 35.9 Å². The van der Waals surface area contributed by atoms with Crippen molar-refractivity contribution in [2.75, 3.05) is 0 Å². The van der Waals surface area contributed by atoms with Crippen LogP contribution in [0.4, 0.5) is 0 Å². The first-order valence-corrected chi connectivity index (χ1v) is 11.0. The van der Waals surface area contributed by atoms with E-state index in [1.807, 2.05) is 0 Å². The molecule has 0 N–H and O–H groups in total. The van der Waals surface area contributed by atoms with Gasteiger partial charge in [0.25, 0.3) is 0 Å². The van der Waals surface area contributed by atoms with E-state index < -0.39 is 0 Å². The van der Waals surface area contributed by atoms with Gasteiger partial charge in [-0.25, -0.2) is 0 Å². The van der Waals surface area contributed by atoms with Crippen LogP contribution in [0.3, 0.4) is 0 Å². The van der Waals surface area contributed by atoms with E-state index in [-0.39, 0.29) is 0 Å². The van der Waals surface area contributed by atoms with Crippen molar-refractivity contribution in [3.8, 4) is 0 Å². The molecule has 0 aromatic heterocycles. The zero-order valence-electron chi connectivity index (χ0n) is 15.5. The molecule has 132 valence electrons. The fraction of sp³-hybridized carbons (Fsp3) is 0.750. The smallest absolute Gasteiger partial charge is 0.00121 e. The lowest BCUT2D eigenvalue weighted by Gasteiger charge is -2.54. The van der Waals surface area contributed by atoms with E-state index in [9.17, 15) is 0 Å². The van der Waals surface area contributed by atoms with E-state index in [2.05, 4.69) is 30.3 Å². The van der Waals surface area contributed by atoms with Crippen LogP contribution in [0.5, 0.6) is 0 Å². The topological polar surface area (TPSA) is 0 Å². The summed E-state index contributed by atoms with van der Waals surface area (Å²) in [5.41, 5.74) is 2.23. The first kappa shape index (κ1) is 16.7. The summed E-state index contributed by atoms with van der Waals surface area (Å²) < 4.78 is 0. The summed E-state index contributed by atoms with van der Waals surface area (Å²) >= 11 is 0. The van der Waals surface area contributed by atoms with Gasteiger partial charge in [0.05, 0.1) is 0 Å². The summed E-state index contributed by atoms with van der Waals surface area (Å²) in [4.78, 5) is 0. The van der Waals surface area contributed by atoms with Gasteiger partial charge in [0.2, 0.25) is 0 Å². The highest BCUT2D eigenvalue weighted by molar-refractivity contribution is 5.29. The third-order valence-corrected chi connectivity index (χ3v) is 7.88. The van der Waals surface area contributed by atoms with E-state index in [0.717, 1.165) is 17.8 Å². The van der Waals surface area contributed by atoms with Crippen LogP contribution >= 0.6 is 0 Å². The second kappa shape index (κ2) is 7.63. The van der Waals surface area contributed by atoms with Gasteiger partial charge in [-0.1, -0.05) is 94.5 Å². The molecule has 0 spiro atoms. The SMILES string of the molecule is c1ccc(C2(C3CCCCC3)CCCCC2C2CCCCC2)cc1. The molecule has 2 atom stereocenters. The molecule has 3 aliphatic carbocycles. The first-order chi connectivity index (χ1) is 11.9. The van der Waals surface area contributed by atoms with Crippen molar-refractivity contribution in [2.24, 2.45) is 17.8 Å². The largest absolute Gasteiger partial charge is 0.0622 e. The second-order valence-corrected chi connectivity index (χ2v) is 8.99. The molecular formula is C24H36. The maximum absolute atomic E-state index is 2.50. The zero-order chi connectivity index (χ0) is 16.2. The average Bonchev–Trinajstić information content (AvgIpc) is 2.70. The van der Waals surface area contributed by atoms with Crippen LogP contribution in [0.2, 0.25) is 0 Å². The summed E-state index contributed by atoms with van der Waals surface area (Å²) in [6.07, 6.45) is 20.9. The molecule has 4 rings (SSSR count). The lowest BCUT2D eigenvalue weighted by Crippen LogP contribution is -2.48. The Morgan fingerprint density at radius 1 is 0.625 bits per heavy atom. The van der Waals surface area contributed by atoms with Gasteiger partial charge in [-0.15, -0.1) is 0 Å². The Morgan fingerprint density at radius 2 is 1.25 bits per heavy atom. The summed E-state index contributed by atoms with van der Waals surface area (Å²) in [5, 5.41) is 0. The van der Waals surface area contributed by atoms with Crippen molar-refractivity contribution in [2.45, 2.75) is 95.3 Å². The summed E-state index contributed by atoms with van der Waals surface area (Å²) in [6, 6.07) is 11.8. The molecule has 1 aromatic carbocycles. The highest BCUT2D eigenvalue weighted by Gasteiger charge is 2.50. The molecule has 0 bridgehead atoms. The minimum Gasteiger partial charge on any atom is -0.0622 e. The highest BCUT2D eigenvalue weighted by atomic mass is 14.5. The molecular weight excluding hydrogens is 288 g/mol. The molecule has 0 heteroatoms. The molecule has 1 aromatic rings. The summed E-state index contributed by atoms with van der Waals surface area (Å²) in [7, 11) is 0. The maximum Gasteiger partial charge on any atom is 0.00121 e. The molecule has 0 amide bonds. The molecule has 3 saturated carbocycles. The fourth-order valence-corrected chi connectivity index (χ4v) is 6.88. The molecule has 24 heavy (non-hydrogen) atoms. The van der Waals surface area contributed by atoms with E-state index in [0.29, 0.717) is 5.41 Å². The predicted octanol–water partition coefficient (Wildman–Crippen LogP) is 7.28. The van der Waals surface area contributed by atoms with Crippen LogP contribution in [-0.2, 0) is 5.41 Å². The number of hydrogen-bond acceptors (Lipinski definition) is 0. The molecule has 0 saturated heterocycles. The van der Waals surface area contributed by atoms with Crippen molar-refractivity contribution < 1.29 is 0 Å². The lowest BCUT2D eigenvalue weighted by molar-refractivity contribution is 0.0314. The predicted molar refractivity (Wildman–Crippen MR) is 103 cm³/mol. The number of hydrogen-bond donors (Lipinski definition) is 0. The Hall–Kier alpha value is -0.780. The van der Waals surface area contributed by atoms with Crippen LogP contribution in [0, 0.1) is 17.8 Å². The second-order valence-electron chi connectivity index (χ2n) is 8.99. The fourth-order valence-electron chi connectivity index (χ4n) is 6.88. The molecule has 0 radical (unpaired) electrons. The number of benzene rings is 1. The van der Waals surface area contributed by atoms with Crippen LogP contribution in [0.15, 0.2) is 30.3 Å². The Balaban J connectivity index is 1.73. The zero-order valence-corrected chi connectivity index (χ0v) is 15.5. The van der Waals surface area contributed by atoms with Gasteiger partial charge in [0.15, 0.2) is 0 Å². The molecule has 0 aliphatic heterocycles. The van der Waals surface area contributed by atoms with Gasteiger partial charge >= 0.3 is 0 Å². The standard InChI is InChI=1S/C24H36/c1-4-12-20(13-5-1)23-18-10-11-19-24(23,21-14-6-2-7-15-21)22-16-8-3-9-17-22/h2,6-7,14-15,20,22-23H,1,3-5,8-13,16-19H2. The van der Waals surface area contributed by atoms with E-state index in [1.54, 1.807) is 5.56 Å². The van der Waals surface area contributed by atoms with Gasteiger partial charge in [-0.3, -0.25) is 0 Å². The highest BCUT2D eigenvalue weighted by Crippen LogP contribution is 2.57. The molecule has 0 nitrogen and oxygen atoms in total. The van der Waals surface area contributed by atoms with Crippen LogP contribution in [0.25, 0.3) is 0 Å². The van der Waals surface area contributed by atoms with Crippen molar-refractivity contribution in [3.63, 3.8) is 0 Å². The molecule has 2 unspecified atom stereocenters. The van der Waals surface area contributed by atoms with Gasteiger partial charge in [-0.05, 0) is 49.0 Å². The Morgan fingerprint density at radius 3 is 1.96 bits per heavy atom. The van der Waals surface area contributed by atoms with Crippen molar-refractivity contribution in [1.29, 1.82) is 0 Å². The quantitative estimate of drug-likeness (QED) is 0.548. The van der Waals surface area contributed by atoms with Crippen LogP contribution < -0.4 is 0 Å². The Labute approximate surface area is 149 Å². The normalized spacial score (nSPS) is 33.4. The minimum absolute atomic E-state index is 0.516. The minimum atomic E-state index is 0.516. The lowest BCUT2D eigenvalue weighted by atomic mass is 9.50. The Kier molecular flexibility index (Phi) is 5.30.